The summed E-state index contributed by atoms with van der Waals surface area (Å²) in [6.07, 6.45) is 2.62. The lowest BCUT2D eigenvalue weighted by atomic mass is 9.91. The highest BCUT2D eigenvalue weighted by molar-refractivity contribution is 7.09. The van der Waals surface area contributed by atoms with Crippen molar-refractivity contribution in [2.24, 2.45) is 17.8 Å². The van der Waals surface area contributed by atoms with Crippen molar-refractivity contribution >= 4 is 41.0 Å². The molecule has 1 aromatic heterocycles. The third kappa shape index (κ3) is 11.8. The number of thiazole rings is 1. The van der Waals surface area contributed by atoms with Gasteiger partial charge in [-0.1, -0.05) is 71.4 Å². The average Bonchev–Trinajstić information content (AvgIpc) is 3.75. The molecule has 13 heteroatoms. The van der Waals surface area contributed by atoms with Crippen molar-refractivity contribution in [3.63, 3.8) is 0 Å². The van der Waals surface area contributed by atoms with E-state index >= 15 is 0 Å². The highest BCUT2D eigenvalue weighted by Gasteiger charge is 2.44. The molecule has 1 aliphatic rings. The van der Waals surface area contributed by atoms with Gasteiger partial charge in [-0.3, -0.25) is 28.9 Å². The predicted octanol–water partition coefficient (Wildman–Crippen LogP) is 5.57. The first-order valence-corrected chi connectivity index (χ1v) is 19.8. The predicted molar refractivity (Wildman–Crippen MR) is 206 cm³/mol. The van der Waals surface area contributed by atoms with Gasteiger partial charge in [0.25, 0.3) is 5.91 Å². The van der Waals surface area contributed by atoms with Crippen molar-refractivity contribution in [2.45, 2.75) is 124 Å². The first kappa shape index (κ1) is 43.6. The Balaban J connectivity index is 1.83. The van der Waals surface area contributed by atoms with Crippen LogP contribution < -0.4 is 10.6 Å². The normalized spacial score (nSPS) is 19.4. The molecule has 2 N–H and O–H groups in total. The fourth-order valence-corrected chi connectivity index (χ4v) is 7.78. The maximum absolute atomic E-state index is 14.2. The van der Waals surface area contributed by atoms with E-state index in [1.54, 1.807) is 31.2 Å². The SMILES string of the molecule is CCOC(=O)C(C)CC(Cc1ccccc1)NC(=O)c1csc(C(CC(C(C)C)N(C)C(=O)C(NC(=O)[C@@]2(C)CCCN2C)C(C)CC)OC(C)=O)n1. The highest BCUT2D eigenvalue weighted by atomic mass is 32.1. The van der Waals surface area contributed by atoms with Gasteiger partial charge in [-0.25, -0.2) is 4.98 Å². The number of amides is 3. The molecule has 1 fully saturated rings. The van der Waals surface area contributed by atoms with Crippen LogP contribution in [0.4, 0.5) is 0 Å². The number of carbonyl (C=O) groups is 5. The molecule has 0 aliphatic carbocycles. The summed E-state index contributed by atoms with van der Waals surface area (Å²) in [6, 6.07) is 8.22. The lowest BCUT2D eigenvalue weighted by molar-refractivity contribution is -0.149. The third-order valence-corrected chi connectivity index (χ3v) is 11.6. The molecule has 0 radical (unpaired) electrons. The van der Waals surface area contributed by atoms with Crippen LogP contribution in [0.3, 0.4) is 0 Å². The topological polar surface area (TPSA) is 147 Å². The van der Waals surface area contributed by atoms with Crippen molar-refractivity contribution < 1.29 is 33.4 Å². The number of carbonyl (C=O) groups excluding carboxylic acids is 5. The van der Waals surface area contributed by atoms with E-state index in [0.717, 1.165) is 24.9 Å². The first-order chi connectivity index (χ1) is 25.0. The van der Waals surface area contributed by atoms with Crippen LogP contribution in [0.15, 0.2) is 35.7 Å². The fourth-order valence-electron chi connectivity index (χ4n) is 6.94. The Morgan fingerprint density at radius 3 is 2.28 bits per heavy atom. The summed E-state index contributed by atoms with van der Waals surface area (Å²) < 4.78 is 11.0. The van der Waals surface area contributed by atoms with Crippen molar-refractivity contribution in [1.29, 1.82) is 0 Å². The van der Waals surface area contributed by atoms with E-state index < -0.39 is 35.5 Å². The van der Waals surface area contributed by atoms with Crippen molar-refractivity contribution in [3.8, 4) is 0 Å². The van der Waals surface area contributed by atoms with Crippen molar-refractivity contribution in [2.75, 3.05) is 27.2 Å². The molecule has 12 nitrogen and oxygen atoms in total. The zero-order chi connectivity index (χ0) is 39.5. The fraction of sp³-hybridized carbons (Fsp3) is 0.650. The molecular weight excluding hydrogens is 695 g/mol. The van der Waals surface area contributed by atoms with E-state index in [2.05, 4.69) is 15.6 Å². The van der Waals surface area contributed by atoms with Gasteiger partial charge in [-0.05, 0) is 70.5 Å². The molecule has 0 spiro atoms. The second-order valence-electron chi connectivity index (χ2n) is 15.0. The van der Waals surface area contributed by atoms with Gasteiger partial charge in [-0.2, -0.15) is 0 Å². The van der Waals surface area contributed by atoms with E-state index in [1.807, 2.05) is 76.9 Å². The van der Waals surface area contributed by atoms with Crippen LogP contribution in [0.5, 0.6) is 0 Å². The number of esters is 2. The molecule has 7 atom stereocenters. The van der Waals surface area contributed by atoms with Crippen LogP contribution in [0.1, 0.15) is 115 Å². The van der Waals surface area contributed by atoms with Crippen LogP contribution in [0, 0.1) is 17.8 Å². The number of hydrogen-bond acceptors (Lipinski definition) is 10. The number of likely N-dealkylation sites (N-methyl/N-ethyl adjacent to an activating group) is 2. The molecule has 3 rings (SSSR count). The largest absolute Gasteiger partial charge is 0.466 e. The Morgan fingerprint density at radius 2 is 1.72 bits per heavy atom. The molecule has 0 bridgehead atoms. The number of likely N-dealkylation sites (tertiary alicyclic amines) is 1. The monoisotopic (exact) mass is 755 g/mol. The minimum Gasteiger partial charge on any atom is -0.466 e. The molecule has 1 aliphatic heterocycles. The van der Waals surface area contributed by atoms with E-state index in [9.17, 15) is 24.0 Å². The second-order valence-corrected chi connectivity index (χ2v) is 15.9. The molecule has 53 heavy (non-hydrogen) atoms. The van der Waals surface area contributed by atoms with Crippen LogP contribution in [-0.2, 0) is 35.1 Å². The van der Waals surface area contributed by atoms with Gasteiger partial charge in [0.1, 0.15) is 16.7 Å². The van der Waals surface area contributed by atoms with Gasteiger partial charge in [0.15, 0.2) is 6.10 Å². The minimum absolute atomic E-state index is 0.0448. The minimum atomic E-state index is -0.826. The third-order valence-electron chi connectivity index (χ3n) is 10.7. The van der Waals surface area contributed by atoms with Gasteiger partial charge in [0, 0.05) is 37.9 Å². The Kier molecular flexibility index (Phi) is 16.4. The summed E-state index contributed by atoms with van der Waals surface area (Å²) in [4.78, 5) is 74.7. The highest BCUT2D eigenvalue weighted by Crippen LogP contribution is 2.32. The number of aromatic nitrogens is 1. The van der Waals surface area contributed by atoms with Crippen LogP contribution in [0.2, 0.25) is 0 Å². The second kappa shape index (κ2) is 20.0. The molecule has 294 valence electrons. The number of hydrogen-bond donors (Lipinski definition) is 2. The molecular formula is C40H61N5O7S. The summed E-state index contributed by atoms with van der Waals surface area (Å²) in [7, 11) is 3.67. The van der Waals surface area contributed by atoms with Gasteiger partial charge >= 0.3 is 11.9 Å². The maximum Gasteiger partial charge on any atom is 0.308 e. The summed E-state index contributed by atoms with van der Waals surface area (Å²) in [5, 5.41) is 8.23. The van der Waals surface area contributed by atoms with Gasteiger partial charge in [0.05, 0.1) is 18.1 Å². The number of benzene rings is 1. The van der Waals surface area contributed by atoms with Gasteiger partial charge in [-0.15, -0.1) is 11.3 Å². The Morgan fingerprint density at radius 1 is 1.04 bits per heavy atom. The summed E-state index contributed by atoms with van der Waals surface area (Å²) in [5.41, 5.74) is 0.494. The van der Waals surface area contributed by atoms with Gasteiger partial charge < -0.3 is 25.0 Å². The van der Waals surface area contributed by atoms with Gasteiger partial charge in [0.2, 0.25) is 11.8 Å². The van der Waals surface area contributed by atoms with E-state index in [-0.39, 0.29) is 60.4 Å². The molecule has 6 unspecified atom stereocenters. The molecule has 3 amide bonds. The molecule has 1 saturated heterocycles. The zero-order valence-electron chi connectivity index (χ0n) is 33.3. The zero-order valence-corrected chi connectivity index (χ0v) is 34.1. The van der Waals surface area contributed by atoms with Crippen LogP contribution in [-0.4, -0.2) is 95.4 Å². The van der Waals surface area contributed by atoms with E-state index in [1.165, 1.54) is 18.3 Å². The molecule has 2 heterocycles. The Hall–Kier alpha value is -3.84. The standard InChI is InChI=1S/C40H61N5O7S/c1-11-26(5)34(43-39(50)40(8)19-16-20-44(40)9)37(48)45(10)32(25(3)4)23-33(52-28(7)46)36-42-31(24-53-36)35(47)41-30(21-27(6)38(49)51-12-2)22-29-17-14-13-15-18-29/h13-15,17-18,24-27,30,32-34H,11-12,16,19-23H2,1-10H3,(H,41,47)(H,43,50)/t26?,27?,30?,32?,33?,34?,40-/m1/s1. The summed E-state index contributed by atoms with van der Waals surface area (Å²) >= 11 is 1.21. The lowest BCUT2D eigenvalue weighted by Gasteiger charge is -2.38. The smallest absolute Gasteiger partial charge is 0.308 e. The number of nitrogens with one attached hydrogen (secondary N) is 2. The summed E-state index contributed by atoms with van der Waals surface area (Å²) in [6.45, 7) is 15.8. The van der Waals surface area contributed by atoms with Crippen LogP contribution >= 0.6 is 11.3 Å². The van der Waals surface area contributed by atoms with E-state index in [0.29, 0.717) is 24.3 Å². The Labute approximate surface area is 319 Å². The maximum atomic E-state index is 14.2. The quantitative estimate of drug-likeness (QED) is 0.176. The van der Waals surface area contributed by atoms with Crippen molar-refractivity contribution in [3.05, 3.63) is 52.0 Å². The molecule has 1 aromatic carbocycles. The number of rotatable bonds is 19. The number of ether oxygens (including phenoxy) is 2. The molecule has 0 saturated carbocycles. The molecule has 2 aromatic rings. The summed E-state index contributed by atoms with van der Waals surface area (Å²) in [5.74, 6) is -2.21. The van der Waals surface area contributed by atoms with Crippen LogP contribution in [0.25, 0.3) is 0 Å². The van der Waals surface area contributed by atoms with Crippen molar-refractivity contribution in [1.82, 2.24) is 25.4 Å². The number of nitrogens with zero attached hydrogens (tertiary/aromatic N) is 3. The Bertz CT molecular complexity index is 1530. The lowest BCUT2D eigenvalue weighted by Crippen LogP contribution is -2.60. The van der Waals surface area contributed by atoms with E-state index in [4.69, 9.17) is 9.47 Å². The first-order valence-electron chi connectivity index (χ1n) is 18.9. The average molecular weight is 756 g/mol.